The fourth-order valence-corrected chi connectivity index (χ4v) is 3.05. The molecule has 1 atom stereocenters. The number of nitrogens with one attached hydrogen (secondary N) is 2. The molecule has 0 spiro atoms. The number of hydrogen-bond donors (Lipinski definition) is 3. The van der Waals surface area contributed by atoms with Crippen LogP contribution >= 0.6 is 11.7 Å². The summed E-state index contributed by atoms with van der Waals surface area (Å²) in [5, 5.41) is 2.55. The average Bonchev–Trinajstić information content (AvgIpc) is 3.36. The number of Topliss-reactive ketones (excluding diaryl/α,β-unsaturated/α-hetero) is 1. The first kappa shape index (κ1) is 18.4. The van der Waals surface area contributed by atoms with Crippen LogP contribution in [0.2, 0.25) is 0 Å². The van der Waals surface area contributed by atoms with Crippen molar-refractivity contribution in [3.05, 3.63) is 54.1 Å². The smallest absolute Gasteiger partial charge is 0.287 e. The van der Waals surface area contributed by atoms with E-state index < -0.39 is 23.6 Å². The summed E-state index contributed by atoms with van der Waals surface area (Å²) in [6.45, 7) is 0. The molecule has 138 valence electrons. The summed E-state index contributed by atoms with van der Waals surface area (Å²) in [6.07, 6.45) is 3.99. The first-order chi connectivity index (χ1) is 13.1. The Morgan fingerprint density at radius 2 is 2.04 bits per heavy atom. The summed E-state index contributed by atoms with van der Waals surface area (Å²) in [6, 6.07) is 7.81. The first-order valence-corrected chi connectivity index (χ1v) is 8.80. The Morgan fingerprint density at radius 3 is 2.70 bits per heavy atom. The number of carbonyl (C=O) groups excluding carboxylic acids is 3. The highest BCUT2D eigenvalue weighted by Gasteiger charge is 2.28. The van der Waals surface area contributed by atoms with Gasteiger partial charge in [-0.3, -0.25) is 19.4 Å². The van der Waals surface area contributed by atoms with Gasteiger partial charge >= 0.3 is 0 Å². The summed E-state index contributed by atoms with van der Waals surface area (Å²) in [5.41, 5.74) is 6.83. The number of nitrogens with zero attached hydrogens (tertiary/aromatic N) is 3. The summed E-state index contributed by atoms with van der Waals surface area (Å²) in [7, 11) is 0. The van der Waals surface area contributed by atoms with Crippen LogP contribution < -0.4 is 11.1 Å². The second-order valence-electron chi connectivity index (χ2n) is 5.66. The molecule has 0 saturated carbocycles. The van der Waals surface area contributed by atoms with Gasteiger partial charge in [0.2, 0.25) is 5.78 Å². The Bertz CT molecular complexity index is 939. The van der Waals surface area contributed by atoms with E-state index in [1.54, 1.807) is 30.6 Å². The van der Waals surface area contributed by atoms with Crippen molar-refractivity contribution in [2.75, 3.05) is 0 Å². The Kier molecular flexibility index (Phi) is 5.67. The minimum atomic E-state index is -1.10. The lowest BCUT2D eigenvalue weighted by atomic mass is 10.0. The van der Waals surface area contributed by atoms with Gasteiger partial charge < -0.3 is 16.0 Å². The maximum Gasteiger partial charge on any atom is 0.287 e. The Labute approximate surface area is 158 Å². The standard InChI is InChI=1S/C17H16N6O3S/c18-16(25)15(24)12(7-6-10-4-3-9-19-10)21-17(26)14-13(22-27-23-14)11-5-1-2-8-20-11/h1-5,8-9,12,19H,6-7H2,(H2,18,25)(H,21,26). The number of rotatable bonds is 8. The van der Waals surface area contributed by atoms with Gasteiger partial charge in [-0.2, -0.15) is 8.75 Å². The Balaban J connectivity index is 1.77. The van der Waals surface area contributed by atoms with Gasteiger partial charge in [0.15, 0.2) is 5.69 Å². The van der Waals surface area contributed by atoms with Crippen LogP contribution in [0.4, 0.5) is 0 Å². The van der Waals surface area contributed by atoms with Gasteiger partial charge in [0.25, 0.3) is 11.8 Å². The SMILES string of the molecule is NC(=O)C(=O)C(CCc1ccc[nH]1)NC(=O)c1nsnc1-c1ccccn1. The third-order valence-corrected chi connectivity index (χ3v) is 4.37. The number of aryl methyl sites for hydroxylation is 1. The molecule has 0 aromatic carbocycles. The number of hydrogen-bond acceptors (Lipinski definition) is 7. The van der Waals surface area contributed by atoms with Crippen molar-refractivity contribution in [1.82, 2.24) is 24.0 Å². The lowest BCUT2D eigenvalue weighted by molar-refractivity contribution is -0.137. The highest BCUT2D eigenvalue weighted by Crippen LogP contribution is 2.19. The van der Waals surface area contributed by atoms with E-state index in [0.29, 0.717) is 17.8 Å². The van der Waals surface area contributed by atoms with E-state index in [1.165, 1.54) is 0 Å². The van der Waals surface area contributed by atoms with Crippen molar-refractivity contribution < 1.29 is 14.4 Å². The van der Waals surface area contributed by atoms with Crippen LogP contribution in [0.25, 0.3) is 11.4 Å². The van der Waals surface area contributed by atoms with Crippen LogP contribution in [-0.2, 0) is 16.0 Å². The number of pyridine rings is 1. The molecule has 3 aromatic rings. The molecule has 0 radical (unpaired) electrons. The molecule has 0 saturated heterocycles. The van der Waals surface area contributed by atoms with E-state index in [1.807, 2.05) is 12.1 Å². The van der Waals surface area contributed by atoms with E-state index in [9.17, 15) is 14.4 Å². The lowest BCUT2D eigenvalue weighted by Gasteiger charge is -2.15. The van der Waals surface area contributed by atoms with Crippen molar-refractivity contribution in [3.8, 4) is 11.4 Å². The zero-order chi connectivity index (χ0) is 19.2. The van der Waals surface area contributed by atoms with Crippen molar-refractivity contribution in [1.29, 1.82) is 0 Å². The van der Waals surface area contributed by atoms with Gasteiger partial charge in [-0.15, -0.1) is 0 Å². The van der Waals surface area contributed by atoms with Crippen LogP contribution in [0.15, 0.2) is 42.7 Å². The molecule has 27 heavy (non-hydrogen) atoms. The fourth-order valence-electron chi connectivity index (χ4n) is 2.50. The van der Waals surface area contributed by atoms with Crippen LogP contribution in [-0.4, -0.2) is 42.4 Å². The molecular weight excluding hydrogens is 368 g/mol. The van der Waals surface area contributed by atoms with Gasteiger partial charge in [-0.1, -0.05) is 6.07 Å². The van der Waals surface area contributed by atoms with Gasteiger partial charge in [0.1, 0.15) is 5.69 Å². The van der Waals surface area contributed by atoms with E-state index in [-0.39, 0.29) is 12.1 Å². The fraction of sp³-hybridized carbons (Fsp3) is 0.176. The highest BCUT2D eigenvalue weighted by atomic mass is 32.1. The molecule has 2 amide bonds. The third kappa shape index (κ3) is 4.42. The molecule has 0 aliphatic rings. The molecule has 9 nitrogen and oxygen atoms in total. The third-order valence-electron chi connectivity index (χ3n) is 3.84. The molecule has 4 N–H and O–H groups in total. The van der Waals surface area contributed by atoms with Gasteiger partial charge in [0, 0.05) is 18.1 Å². The molecule has 0 bridgehead atoms. The normalized spacial score (nSPS) is 11.7. The Hall–Kier alpha value is -3.40. The van der Waals surface area contributed by atoms with E-state index in [4.69, 9.17) is 5.73 Å². The number of aromatic amines is 1. The number of aromatic nitrogens is 4. The minimum absolute atomic E-state index is 0.0424. The predicted octanol–water partition coefficient (Wildman–Crippen LogP) is 0.714. The minimum Gasteiger partial charge on any atom is -0.365 e. The summed E-state index contributed by atoms with van der Waals surface area (Å²) in [5.74, 6) is -2.58. The zero-order valence-corrected chi connectivity index (χ0v) is 14.9. The molecule has 3 rings (SSSR count). The van der Waals surface area contributed by atoms with Gasteiger partial charge in [-0.05, 0) is 37.1 Å². The molecule has 1 unspecified atom stereocenters. The number of nitrogens with two attached hydrogens (primary N) is 1. The topological polar surface area (TPSA) is 144 Å². The molecule has 0 aliphatic carbocycles. The molecule has 10 heteroatoms. The highest BCUT2D eigenvalue weighted by molar-refractivity contribution is 6.99. The van der Waals surface area contributed by atoms with Gasteiger partial charge in [-0.25, -0.2) is 0 Å². The maximum atomic E-state index is 12.7. The van der Waals surface area contributed by atoms with Crippen molar-refractivity contribution in [2.24, 2.45) is 5.73 Å². The zero-order valence-electron chi connectivity index (χ0n) is 14.1. The predicted molar refractivity (Wildman–Crippen MR) is 97.7 cm³/mol. The average molecular weight is 384 g/mol. The number of carbonyl (C=O) groups is 3. The summed E-state index contributed by atoms with van der Waals surface area (Å²) < 4.78 is 8.11. The maximum absolute atomic E-state index is 12.7. The quantitative estimate of drug-likeness (QED) is 0.488. The van der Waals surface area contributed by atoms with Gasteiger partial charge in [0.05, 0.1) is 23.5 Å². The molecule has 3 aromatic heterocycles. The summed E-state index contributed by atoms with van der Waals surface area (Å²) >= 11 is 0.860. The van der Waals surface area contributed by atoms with Crippen LogP contribution in [0.3, 0.4) is 0 Å². The monoisotopic (exact) mass is 384 g/mol. The molecular formula is C17H16N6O3S. The Morgan fingerprint density at radius 1 is 1.19 bits per heavy atom. The number of primary amides is 1. The second-order valence-corrected chi connectivity index (χ2v) is 6.19. The molecule has 0 aliphatic heterocycles. The van der Waals surface area contributed by atoms with Crippen molar-refractivity contribution >= 4 is 29.3 Å². The lowest BCUT2D eigenvalue weighted by Crippen LogP contribution is -2.46. The molecule has 3 heterocycles. The number of ketones is 1. The van der Waals surface area contributed by atoms with E-state index >= 15 is 0 Å². The van der Waals surface area contributed by atoms with Crippen LogP contribution in [0.1, 0.15) is 22.6 Å². The largest absolute Gasteiger partial charge is 0.365 e. The second kappa shape index (κ2) is 8.32. The van der Waals surface area contributed by atoms with E-state index in [0.717, 1.165) is 17.4 Å². The van der Waals surface area contributed by atoms with Crippen molar-refractivity contribution in [2.45, 2.75) is 18.9 Å². The number of amides is 2. The van der Waals surface area contributed by atoms with E-state index in [2.05, 4.69) is 24.0 Å². The van der Waals surface area contributed by atoms with Crippen molar-refractivity contribution in [3.63, 3.8) is 0 Å². The number of H-pyrrole nitrogens is 1. The van der Waals surface area contributed by atoms with Crippen LogP contribution in [0.5, 0.6) is 0 Å². The summed E-state index contributed by atoms with van der Waals surface area (Å²) in [4.78, 5) is 43.3. The molecule has 0 fully saturated rings. The first-order valence-electron chi connectivity index (χ1n) is 8.07. The van der Waals surface area contributed by atoms with Crippen LogP contribution in [0, 0.1) is 0 Å².